The average molecular weight is 578 g/mol. The van der Waals surface area contributed by atoms with E-state index in [-0.39, 0.29) is 24.4 Å². The Kier molecular flexibility index (Phi) is 7.35. The summed E-state index contributed by atoms with van der Waals surface area (Å²) >= 11 is 5.16. The monoisotopic (exact) mass is 577 g/mol. The summed E-state index contributed by atoms with van der Waals surface area (Å²) < 4.78 is 8.48. The molecule has 0 N–H and O–H groups in total. The van der Waals surface area contributed by atoms with Crippen LogP contribution in [0.2, 0.25) is 0 Å². The van der Waals surface area contributed by atoms with Gasteiger partial charge in [-0.2, -0.15) is 5.26 Å². The Morgan fingerprint density at radius 2 is 2.08 bits per heavy atom. The molecule has 10 heteroatoms. The number of aromatic nitrogens is 2. The quantitative estimate of drug-likeness (QED) is 0.389. The second kappa shape index (κ2) is 10.8. The van der Waals surface area contributed by atoms with Crippen molar-refractivity contribution in [1.82, 2.24) is 19.4 Å². The molecule has 0 radical (unpaired) electrons. The van der Waals surface area contributed by atoms with Crippen molar-refractivity contribution in [3.05, 3.63) is 88.2 Å². The van der Waals surface area contributed by atoms with Crippen LogP contribution >= 0.6 is 27.7 Å². The van der Waals surface area contributed by atoms with Gasteiger partial charge in [-0.25, -0.2) is 4.98 Å². The molecule has 0 bridgehead atoms. The first kappa shape index (κ1) is 25.1. The molecule has 37 heavy (non-hydrogen) atoms. The number of rotatable bonds is 7. The standard InChI is InChI=1S/C27H24BrN5O3S/c1-2-11-36-21-7-8-22(28)20(12-21)15-31-9-10-32(16-25(31)34)26(35)23-14-30-27-33(23)24(17-37-27)19-5-3-18(13-29)4-6-19/h2-8,12,14,24H,1,9-11,15-17H2. The molecule has 1 fully saturated rings. The summed E-state index contributed by atoms with van der Waals surface area (Å²) in [5.41, 5.74) is 3.02. The van der Waals surface area contributed by atoms with Gasteiger partial charge in [0.05, 0.1) is 23.9 Å². The third-order valence-corrected chi connectivity index (χ3v) is 8.26. The Morgan fingerprint density at radius 3 is 2.81 bits per heavy atom. The predicted molar refractivity (Wildman–Crippen MR) is 143 cm³/mol. The Bertz CT molecular complexity index is 1400. The van der Waals surface area contributed by atoms with E-state index in [4.69, 9.17) is 10.00 Å². The van der Waals surface area contributed by atoms with E-state index in [0.717, 1.165) is 26.5 Å². The highest BCUT2D eigenvalue weighted by Gasteiger charge is 2.34. The van der Waals surface area contributed by atoms with Gasteiger partial charge in [-0.15, -0.1) is 0 Å². The van der Waals surface area contributed by atoms with Crippen molar-refractivity contribution in [2.45, 2.75) is 17.7 Å². The molecule has 3 heterocycles. The third-order valence-electron chi connectivity index (χ3n) is 6.44. The molecule has 1 saturated heterocycles. The van der Waals surface area contributed by atoms with E-state index in [0.29, 0.717) is 43.2 Å². The number of nitriles is 1. The summed E-state index contributed by atoms with van der Waals surface area (Å²) in [5, 5.41) is 9.88. The van der Waals surface area contributed by atoms with Crippen LogP contribution in [-0.4, -0.2) is 63.2 Å². The summed E-state index contributed by atoms with van der Waals surface area (Å²) in [6.45, 7) is 5.38. The lowest BCUT2D eigenvalue weighted by molar-refractivity contribution is -0.135. The number of thioether (sulfide) groups is 1. The van der Waals surface area contributed by atoms with Crippen molar-refractivity contribution in [2.24, 2.45) is 0 Å². The van der Waals surface area contributed by atoms with Crippen molar-refractivity contribution in [2.75, 3.05) is 32.0 Å². The van der Waals surface area contributed by atoms with E-state index in [2.05, 4.69) is 33.6 Å². The summed E-state index contributed by atoms with van der Waals surface area (Å²) in [5.74, 6) is 1.16. The Balaban J connectivity index is 1.28. The molecule has 1 atom stereocenters. The molecule has 0 aliphatic carbocycles. The van der Waals surface area contributed by atoms with Crippen molar-refractivity contribution in [3.63, 3.8) is 0 Å². The van der Waals surface area contributed by atoms with Crippen LogP contribution in [0.1, 0.15) is 33.2 Å². The molecule has 2 aliphatic heterocycles. The van der Waals surface area contributed by atoms with Crippen molar-refractivity contribution in [1.29, 1.82) is 5.26 Å². The SMILES string of the molecule is C=CCOc1ccc(Br)c(CN2CCN(C(=O)c3cnc4n3C(c3ccc(C#N)cc3)CS4)CC2=O)c1. The van der Waals surface area contributed by atoms with Gasteiger partial charge in [-0.05, 0) is 41.5 Å². The minimum atomic E-state index is -0.200. The highest BCUT2D eigenvalue weighted by atomic mass is 79.9. The molecule has 2 amide bonds. The Labute approximate surface area is 227 Å². The number of carbonyl (C=O) groups is 2. The fraction of sp³-hybridized carbons (Fsp3) is 0.259. The number of hydrogen-bond donors (Lipinski definition) is 0. The highest BCUT2D eigenvalue weighted by Crippen LogP contribution is 2.38. The lowest BCUT2D eigenvalue weighted by Crippen LogP contribution is -2.52. The second-order valence-corrected chi connectivity index (χ2v) is 10.6. The maximum atomic E-state index is 13.5. The fourth-order valence-electron chi connectivity index (χ4n) is 4.50. The van der Waals surface area contributed by atoms with Gasteiger partial charge < -0.3 is 19.1 Å². The topological polar surface area (TPSA) is 91.5 Å². The van der Waals surface area contributed by atoms with Gasteiger partial charge in [-0.1, -0.05) is 52.5 Å². The van der Waals surface area contributed by atoms with Crippen molar-refractivity contribution < 1.29 is 14.3 Å². The summed E-state index contributed by atoms with van der Waals surface area (Å²) in [4.78, 5) is 34.4. The van der Waals surface area contributed by atoms with E-state index in [1.54, 1.807) is 46.0 Å². The maximum Gasteiger partial charge on any atom is 0.272 e. The fourth-order valence-corrected chi connectivity index (χ4v) is 6.01. The van der Waals surface area contributed by atoms with Crippen LogP contribution in [0.15, 0.2) is 70.9 Å². The van der Waals surface area contributed by atoms with Crippen molar-refractivity contribution in [3.8, 4) is 11.8 Å². The number of carbonyl (C=O) groups excluding carboxylic acids is 2. The van der Waals surface area contributed by atoms with Gasteiger partial charge in [0.2, 0.25) is 5.91 Å². The number of fused-ring (bicyclic) bond motifs is 1. The summed E-state index contributed by atoms with van der Waals surface area (Å²) in [7, 11) is 0. The van der Waals surface area contributed by atoms with Crippen LogP contribution in [0.25, 0.3) is 0 Å². The van der Waals surface area contributed by atoms with E-state index in [1.807, 2.05) is 34.9 Å². The minimum absolute atomic E-state index is 0.0122. The van der Waals surface area contributed by atoms with E-state index < -0.39 is 0 Å². The number of amides is 2. The van der Waals surface area contributed by atoms with Gasteiger partial charge in [0.25, 0.3) is 5.91 Å². The zero-order valence-corrected chi connectivity index (χ0v) is 22.4. The molecule has 1 unspecified atom stereocenters. The van der Waals surface area contributed by atoms with Crippen LogP contribution in [0.5, 0.6) is 5.75 Å². The first-order valence-corrected chi connectivity index (χ1v) is 13.6. The van der Waals surface area contributed by atoms with Gasteiger partial charge in [0.15, 0.2) is 5.16 Å². The normalized spacial score (nSPS) is 16.9. The number of ether oxygens (including phenoxy) is 1. The van der Waals surface area contributed by atoms with Gasteiger partial charge >= 0.3 is 0 Å². The largest absolute Gasteiger partial charge is 0.490 e. The van der Waals surface area contributed by atoms with Gasteiger partial charge in [-0.3, -0.25) is 9.59 Å². The number of benzene rings is 2. The molecule has 5 rings (SSSR count). The summed E-state index contributed by atoms with van der Waals surface area (Å²) in [6, 6.07) is 15.2. The molecule has 8 nitrogen and oxygen atoms in total. The van der Waals surface area contributed by atoms with Crippen LogP contribution in [-0.2, 0) is 11.3 Å². The van der Waals surface area contributed by atoms with Gasteiger partial charge in [0, 0.05) is 29.9 Å². The highest BCUT2D eigenvalue weighted by molar-refractivity contribution is 9.10. The number of nitrogens with zero attached hydrogens (tertiary/aromatic N) is 5. The lowest BCUT2D eigenvalue weighted by atomic mass is 10.1. The molecule has 1 aromatic heterocycles. The van der Waals surface area contributed by atoms with Crippen molar-refractivity contribution >= 4 is 39.5 Å². The molecule has 188 valence electrons. The molecule has 2 aliphatic rings. The number of piperazine rings is 1. The van der Waals surface area contributed by atoms with E-state index in [9.17, 15) is 9.59 Å². The molecule has 3 aromatic rings. The number of halogens is 1. The minimum Gasteiger partial charge on any atom is -0.490 e. The van der Waals surface area contributed by atoms with E-state index >= 15 is 0 Å². The smallest absolute Gasteiger partial charge is 0.272 e. The molecule has 0 spiro atoms. The maximum absolute atomic E-state index is 13.5. The molecule has 0 saturated carbocycles. The Hall–Kier alpha value is -3.55. The van der Waals surface area contributed by atoms with Gasteiger partial charge in [0.1, 0.15) is 24.6 Å². The molecular weight excluding hydrogens is 554 g/mol. The van der Waals surface area contributed by atoms with Crippen LogP contribution in [0, 0.1) is 11.3 Å². The second-order valence-electron chi connectivity index (χ2n) is 8.75. The van der Waals surface area contributed by atoms with E-state index in [1.165, 1.54) is 0 Å². The zero-order chi connectivity index (χ0) is 25.9. The zero-order valence-electron chi connectivity index (χ0n) is 20.0. The number of imidazole rings is 1. The average Bonchev–Trinajstić information content (AvgIpc) is 3.52. The third kappa shape index (κ3) is 5.15. The summed E-state index contributed by atoms with van der Waals surface area (Å²) in [6.07, 6.45) is 3.28. The van der Waals surface area contributed by atoms with Crippen LogP contribution in [0.4, 0.5) is 0 Å². The van der Waals surface area contributed by atoms with Crippen LogP contribution in [0.3, 0.4) is 0 Å². The Morgan fingerprint density at radius 1 is 1.27 bits per heavy atom. The van der Waals surface area contributed by atoms with Crippen LogP contribution < -0.4 is 4.74 Å². The first-order chi connectivity index (χ1) is 18.0. The predicted octanol–water partition coefficient (Wildman–Crippen LogP) is 4.26. The molecule has 2 aromatic carbocycles. The lowest BCUT2D eigenvalue weighted by Gasteiger charge is -2.34. The molecular formula is C27H24BrN5O3S. The number of hydrogen-bond acceptors (Lipinski definition) is 6. The first-order valence-electron chi connectivity index (χ1n) is 11.8.